The zero-order valence-corrected chi connectivity index (χ0v) is 16.0. The smallest absolute Gasteiger partial charge is 0.253 e. The number of hydrogen-bond acceptors (Lipinski definition) is 3. The van der Waals surface area contributed by atoms with Crippen molar-refractivity contribution in [1.82, 2.24) is 4.90 Å². The first kappa shape index (κ1) is 19.8. The van der Waals surface area contributed by atoms with E-state index in [1.165, 1.54) is 17.7 Å². The van der Waals surface area contributed by atoms with E-state index in [0.29, 0.717) is 6.54 Å². The molecule has 1 amide bonds. The summed E-state index contributed by atoms with van der Waals surface area (Å²) in [7, 11) is 0. The van der Waals surface area contributed by atoms with Crippen LogP contribution in [0.3, 0.4) is 0 Å². The monoisotopic (exact) mass is 390 g/mol. The summed E-state index contributed by atoms with van der Waals surface area (Å²) < 4.78 is 19.2. The Morgan fingerprint density at radius 2 is 1.67 bits per heavy atom. The molecule has 4 nitrogen and oxygen atoms in total. The largest absolute Gasteiger partial charge is 0.363 e. The van der Waals surface area contributed by atoms with Crippen LogP contribution in [0.25, 0.3) is 0 Å². The third-order valence-corrected chi connectivity index (χ3v) is 5.40. The maximum atomic E-state index is 13.2. The van der Waals surface area contributed by atoms with Crippen molar-refractivity contribution in [2.45, 2.75) is 25.0 Å². The predicted octanol–water partition coefficient (Wildman–Crippen LogP) is 3.65. The number of likely N-dealkylation sites (tertiary alicyclic amines) is 1. The number of rotatable bonds is 3. The molecule has 2 heterocycles. The number of halogens is 2. The van der Waals surface area contributed by atoms with Gasteiger partial charge in [-0.25, -0.2) is 4.39 Å². The zero-order valence-electron chi connectivity index (χ0n) is 15.1. The van der Waals surface area contributed by atoms with Crippen molar-refractivity contribution in [2.24, 2.45) is 0 Å². The lowest BCUT2D eigenvalue weighted by atomic mass is 9.88. The van der Waals surface area contributed by atoms with E-state index in [9.17, 15) is 9.18 Å². The number of anilines is 1. The molecule has 0 atom stereocenters. The molecule has 4 rings (SSSR count). The quantitative estimate of drug-likeness (QED) is 0.802. The number of ether oxygens (including phenoxy) is 1. The molecular formula is C21H24ClFN2O2. The molecule has 6 heteroatoms. The Morgan fingerprint density at radius 3 is 2.33 bits per heavy atom. The standard InChI is InChI=1S/C21H23FN2O2.ClH/c22-18-6-8-19(9-7-18)24-16-21(26-15-20(24)25)10-12-23(13-11-21)14-17-4-2-1-3-5-17;/h1-9H,10-16H2;1H. The molecule has 2 aliphatic heterocycles. The number of morpholine rings is 1. The summed E-state index contributed by atoms with van der Waals surface area (Å²) in [4.78, 5) is 16.5. The first-order valence-corrected chi connectivity index (χ1v) is 9.10. The number of hydrogen-bond donors (Lipinski definition) is 0. The average Bonchev–Trinajstić information content (AvgIpc) is 2.68. The van der Waals surface area contributed by atoms with E-state index in [4.69, 9.17) is 4.74 Å². The first-order valence-electron chi connectivity index (χ1n) is 9.10. The number of carbonyl (C=O) groups excluding carboxylic acids is 1. The highest BCUT2D eigenvalue weighted by Crippen LogP contribution is 2.33. The van der Waals surface area contributed by atoms with Crippen LogP contribution in [0.2, 0.25) is 0 Å². The minimum absolute atomic E-state index is 0. The molecule has 2 saturated heterocycles. The van der Waals surface area contributed by atoms with Crippen LogP contribution in [0.4, 0.5) is 10.1 Å². The van der Waals surface area contributed by atoms with Crippen LogP contribution in [0.5, 0.6) is 0 Å². The van der Waals surface area contributed by atoms with E-state index in [1.807, 2.05) is 6.07 Å². The van der Waals surface area contributed by atoms with Crippen molar-refractivity contribution < 1.29 is 13.9 Å². The Balaban J connectivity index is 0.00000210. The van der Waals surface area contributed by atoms with Gasteiger partial charge in [0.1, 0.15) is 12.4 Å². The van der Waals surface area contributed by atoms with E-state index in [1.54, 1.807) is 17.0 Å². The van der Waals surface area contributed by atoms with Crippen LogP contribution in [0.15, 0.2) is 54.6 Å². The molecule has 2 aliphatic rings. The predicted molar refractivity (Wildman–Crippen MR) is 106 cm³/mol. The highest BCUT2D eigenvalue weighted by atomic mass is 35.5. The van der Waals surface area contributed by atoms with Gasteiger partial charge < -0.3 is 9.64 Å². The SMILES string of the molecule is Cl.O=C1COC2(CCN(Cc3ccccc3)CC2)CN1c1ccc(F)cc1. The highest BCUT2D eigenvalue weighted by Gasteiger charge is 2.42. The van der Waals surface area contributed by atoms with Crippen LogP contribution in [-0.4, -0.2) is 42.6 Å². The topological polar surface area (TPSA) is 32.8 Å². The van der Waals surface area contributed by atoms with Gasteiger partial charge in [0, 0.05) is 25.3 Å². The number of benzene rings is 2. The van der Waals surface area contributed by atoms with E-state index in [-0.39, 0.29) is 36.3 Å². The van der Waals surface area contributed by atoms with Crippen molar-refractivity contribution in [3.05, 3.63) is 66.0 Å². The zero-order chi connectivity index (χ0) is 18.0. The van der Waals surface area contributed by atoms with Gasteiger partial charge in [0.15, 0.2) is 0 Å². The summed E-state index contributed by atoms with van der Waals surface area (Å²) in [6, 6.07) is 16.6. The normalized spacial score (nSPS) is 19.7. The Hall–Kier alpha value is -1.95. The first-order chi connectivity index (χ1) is 12.6. The van der Waals surface area contributed by atoms with Gasteiger partial charge in [0.2, 0.25) is 0 Å². The van der Waals surface area contributed by atoms with E-state index in [2.05, 4.69) is 29.2 Å². The summed E-state index contributed by atoms with van der Waals surface area (Å²) in [5.41, 5.74) is 1.76. The molecule has 0 bridgehead atoms. The van der Waals surface area contributed by atoms with E-state index in [0.717, 1.165) is 38.2 Å². The second kappa shape index (κ2) is 8.38. The molecule has 0 radical (unpaired) electrons. The average molecular weight is 391 g/mol. The molecule has 0 saturated carbocycles. The molecule has 2 fully saturated rings. The molecule has 0 unspecified atom stereocenters. The van der Waals surface area contributed by atoms with Gasteiger partial charge in [-0.1, -0.05) is 30.3 Å². The number of amides is 1. The fourth-order valence-corrected chi connectivity index (χ4v) is 3.83. The lowest BCUT2D eigenvalue weighted by molar-refractivity contribution is -0.144. The number of carbonyl (C=O) groups is 1. The van der Waals surface area contributed by atoms with Crippen molar-refractivity contribution in [2.75, 3.05) is 31.1 Å². The molecule has 0 aromatic heterocycles. The maximum absolute atomic E-state index is 13.2. The van der Waals surface area contributed by atoms with Crippen LogP contribution in [0, 0.1) is 5.82 Å². The molecule has 0 aliphatic carbocycles. The van der Waals surface area contributed by atoms with Crippen molar-refractivity contribution in [3.63, 3.8) is 0 Å². The summed E-state index contributed by atoms with van der Waals surface area (Å²) >= 11 is 0. The fraction of sp³-hybridized carbons (Fsp3) is 0.381. The van der Waals surface area contributed by atoms with Crippen LogP contribution < -0.4 is 4.90 Å². The highest BCUT2D eigenvalue weighted by molar-refractivity contribution is 5.95. The van der Waals surface area contributed by atoms with Gasteiger partial charge in [-0.3, -0.25) is 9.69 Å². The van der Waals surface area contributed by atoms with Gasteiger partial charge in [0.25, 0.3) is 5.91 Å². The minimum atomic E-state index is -0.296. The van der Waals surface area contributed by atoms with Crippen LogP contribution >= 0.6 is 12.4 Å². The van der Waals surface area contributed by atoms with E-state index >= 15 is 0 Å². The van der Waals surface area contributed by atoms with Gasteiger partial charge in [-0.05, 0) is 42.7 Å². The minimum Gasteiger partial charge on any atom is -0.363 e. The molecular weight excluding hydrogens is 367 g/mol. The fourth-order valence-electron chi connectivity index (χ4n) is 3.83. The maximum Gasteiger partial charge on any atom is 0.253 e. The van der Waals surface area contributed by atoms with Crippen LogP contribution in [0.1, 0.15) is 18.4 Å². The van der Waals surface area contributed by atoms with Gasteiger partial charge >= 0.3 is 0 Å². The lowest BCUT2D eigenvalue weighted by Gasteiger charge is -2.47. The molecule has 27 heavy (non-hydrogen) atoms. The Bertz CT molecular complexity index is 762. The number of nitrogens with zero attached hydrogens (tertiary/aromatic N) is 2. The third kappa shape index (κ3) is 4.49. The second-order valence-electron chi connectivity index (χ2n) is 7.19. The van der Waals surface area contributed by atoms with E-state index < -0.39 is 0 Å². The molecule has 144 valence electrons. The van der Waals surface area contributed by atoms with Crippen molar-refractivity contribution in [1.29, 1.82) is 0 Å². The molecule has 1 spiro atoms. The summed E-state index contributed by atoms with van der Waals surface area (Å²) in [5.74, 6) is -0.354. The molecule has 0 N–H and O–H groups in total. The Kier molecular flexibility index (Phi) is 6.15. The Labute approximate surface area is 165 Å². The van der Waals surface area contributed by atoms with Gasteiger partial charge in [0.05, 0.1) is 12.1 Å². The summed E-state index contributed by atoms with van der Waals surface area (Å²) in [6.07, 6.45) is 1.79. The van der Waals surface area contributed by atoms with Gasteiger partial charge in [-0.15, -0.1) is 12.4 Å². The third-order valence-electron chi connectivity index (χ3n) is 5.40. The van der Waals surface area contributed by atoms with Gasteiger partial charge in [-0.2, -0.15) is 0 Å². The van der Waals surface area contributed by atoms with Crippen molar-refractivity contribution in [3.8, 4) is 0 Å². The molecule has 2 aromatic carbocycles. The summed E-state index contributed by atoms with van der Waals surface area (Å²) in [5, 5.41) is 0. The van der Waals surface area contributed by atoms with Crippen molar-refractivity contribution >= 4 is 24.0 Å². The second-order valence-corrected chi connectivity index (χ2v) is 7.19. The number of piperidine rings is 1. The molecule has 2 aromatic rings. The lowest BCUT2D eigenvalue weighted by Crippen LogP contribution is -2.58. The van der Waals surface area contributed by atoms with Crippen LogP contribution in [-0.2, 0) is 16.1 Å². The Morgan fingerprint density at radius 1 is 1.00 bits per heavy atom. The summed E-state index contributed by atoms with van der Waals surface area (Å²) in [6.45, 7) is 3.46.